The van der Waals surface area contributed by atoms with Crippen LogP contribution in [0.3, 0.4) is 0 Å². The van der Waals surface area contributed by atoms with E-state index in [0.29, 0.717) is 11.9 Å². The molecule has 1 saturated carbocycles. The Morgan fingerprint density at radius 1 is 1.30 bits per heavy atom. The van der Waals surface area contributed by atoms with Crippen LogP contribution in [0.25, 0.3) is 0 Å². The van der Waals surface area contributed by atoms with Crippen molar-refractivity contribution in [3.05, 3.63) is 48.2 Å². The summed E-state index contributed by atoms with van der Waals surface area (Å²) in [5.41, 5.74) is 1.68. The third kappa shape index (κ3) is 3.11. The minimum absolute atomic E-state index is 0.257. The predicted octanol–water partition coefficient (Wildman–Crippen LogP) is 2.64. The van der Waals surface area contributed by atoms with Crippen molar-refractivity contribution in [3.63, 3.8) is 0 Å². The Morgan fingerprint density at radius 3 is 2.80 bits per heavy atom. The van der Waals surface area contributed by atoms with E-state index < -0.39 is 0 Å². The van der Waals surface area contributed by atoms with Crippen LogP contribution in [0.5, 0.6) is 0 Å². The summed E-state index contributed by atoms with van der Waals surface area (Å²) in [7, 11) is 1.85. The van der Waals surface area contributed by atoms with E-state index in [1.54, 1.807) is 18.5 Å². The standard InChI is InChI=1S/C15H17FN4/c1-20(14-4-2-3-11(16)7-14)15-10-18-13(9-19-15)8-17-12-5-6-12/h2-4,7,9-10,12,17H,5-6,8H2,1H3. The highest BCUT2D eigenvalue weighted by molar-refractivity contribution is 5.58. The Balaban J connectivity index is 1.69. The minimum atomic E-state index is -0.257. The number of halogens is 1. The molecule has 1 heterocycles. The number of aromatic nitrogens is 2. The molecule has 2 aromatic rings. The quantitative estimate of drug-likeness (QED) is 0.908. The molecule has 104 valence electrons. The number of rotatable bonds is 5. The molecule has 1 aliphatic rings. The Bertz CT molecular complexity index is 581. The van der Waals surface area contributed by atoms with E-state index in [9.17, 15) is 4.39 Å². The molecule has 0 atom stereocenters. The van der Waals surface area contributed by atoms with E-state index in [-0.39, 0.29) is 5.82 Å². The summed E-state index contributed by atoms with van der Waals surface area (Å²) in [6.45, 7) is 0.752. The lowest BCUT2D eigenvalue weighted by Gasteiger charge is -2.18. The van der Waals surface area contributed by atoms with Crippen molar-refractivity contribution in [3.8, 4) is 0 Å². The molecular formula is C15H17FN4. The summed E-state index contributed by atoms with van der Waals surface area (Å²) in [5.74, 6) is 0.443. The van der Waals surface area contributed by atoms with Crippen LogP contribution in [0.1, 0.15) is 18.5 Å². The molecule has 4 nitrogen and oxygen atoms in total. The fraction of sp³-hybridized carbons (Fsp3) is 0.333. The van der Waals surface area contributed by atoms with Gasteiger partial charge in [0.05, 0.1) is 18.1 Å². The van der Waals surface area contributed by atoms with E-state index in [1.807, 2.05) is 18.0 Å². The van der Waals surface area contributed by atoms with Gasteiger partial charge in [0.1, 0.15) is 5.82 Å². The highest BCUT2D eigenvalue weighted by atomic mass is 19.1. The van der Waals surface area contributed by atoms with Gasteiger partial charge in [-0.1, -0.05) is 6.07 Å². The molecule has 0 unspecified atom stereocenters. The summed E-state index contributed by atoms with van der Waals surface area (Å²) in [6.07, 6.45) is 6.00. The topological polar surface area (TPSA) is 41.1 Å². The number of benzene rings is 1. The zero-order valence-corrected chi connectivity index (χ0v) is 11.4. The molecule has 0 saturated heterocycles. The lowest BCUT2D eigenvalue weighted by atomic mass is 10.3. The lowest BCUT2D eigenvalue weighted by Crippen LogP contribution is -2.17. The molecular weight excluding hydrogens is 255 g/mol. The largest absolute Gasteiger partial charge is 0.328 e. The summed E-state index contributed by atoms with van der Waals surface area (Å²) >= 11 is 0. The van der Waals surface area contributed by atoms with Gasteiger partial charge in [0.25, 0.3) is 0 Å². The molecule has 1 aliphatic carbocycles. The van der Waals surface area contributed by atoms with Gasteiger partial charge in [-0.3, -0.25) is 4.98 Å². The van der Waals surface area contributed by atoms with E-state index in [2.05, 4.69) is 15.3 Å². The number of anilines is 2. The minimum Gasteiger partial charge on any atom is -0.328 e. The zero-order chi connectivity index (χ0) is 13.9. The summed E-state index contributed by atoms with van der Waals surface area (Å²) in [6, 6.07) is 7.09. The van der Waals surface area contributed by atoms with Gasteiger partial charge in [-0.2, -0.15) is 0 Å². The average molecular weight is 272 g/mol. The van der Waals surface area contributed by atoms with Crippen LogP contribution < -0.4 is 10.2 Å². The Morgan fingerprint density at radius 2 is 2.15 bits per heavy atom. The lowest BCUT2D eigenvalue weighted by molar-refractivity contribution is 0.628. The first-order valence-corrected chi connectivity index (χ1v) is 6.76. The van der Waals surface area contributed by atoms with Crippen LogP contribution in [-0.4, -0.2) is 23.1 Å². The Kier molecular flexibility index (Phi) is 3.60. The zero-order valence-electron chi connectivity index (χ0n) is 11.4. The van der Waals surface area contributed by atoms with Gasteiger partial charge < -0.3 is 10.2 Å². The molecule has 1 aromatic carbocycles. The number of nitrogens with zero attached hydrogens (tertiary/aromatic N) is 3. The van der Waals surface area contributed by atoms with Crippen LogP contribution in [0.15, 0.2) is 36.7 Å². The highest BCUT2D eigenvalue weighted by Gasteiger charge is 2.20. The monoisotopic (exact) mass is 272 g/mol. The summed E-state index contributed by atoms with van der Waals surface area (Å²) < 4.78 is 13.2. The van der Waals surface area contributed by atoms with Gasteiger partial charge in [-0.05, 0) is 31.0 Å². The summed E-state index contributed by atoms with van der Waals surface area (Å²) in [4.78, 5) is 10.6. The smallest absolute Gasteiger partial charge is 0.151 e. The van der Waals surface area contributed by atoms with Crippen LogP contribution in [-0.2, 0) is 6.54 Å². The van der Waals surface area contributed by atoms with Crippen LogP contribution >= 0.6 is 0 Å². The van der Waals surface area contributed by atoms with Gasteiger partial charge in [-0.15, -0.1) is 0 Å². The molecule has 20 heavy (non-hydrogen) atoms. The van der Waals surface area contributed by atoms with Crippen molar-refractivity contribution in [2.75, 3.05) is 11.9 Å². The number of hydrogen-bond donors (Lipinski definition) is 1. The Labute approximate surface area is 117 Å². The molecule has 1 N–H and O–H groups in total. The van der Waals surface area contributed by atoms with Crippen LogP contribution in [0, 0.1) is 5.82 Å². The Hall–Kier alpha value is -2.01. The second-order valence-corrected chi connectivity index (χ2v) is 5.06. The van der Waals surface area contributed by atoms with Gasteiger partial charge in [-0.25, -0.2) is 9.37 Å². The fourth-order valence-electron chi connectivity index (χ4n) is 1.97. The number of nitrogens with one attached hydrogen (secondary N) is 1. The first kappa shape index (κ1) is 13.0. The van der Waals surface area contributed by atoms with Crippen molar-refractivity contribution in [1.29, 1.82) is 0 Å². The third-order valence-electron chi connectivity index (χ3n) is 3.38. The van der Waals surface area contributed by atoms with E-state index in [1.165, 1.54) is 25.0 Å². The second-order valence-electron chi connectivity index (χ2n) is 5.06. The molecule has 0 amide bonds. The maximum atomic E-state index is 13.2. The fourth-order valence-corrected chi connectivity index (χ4v) is 1.97. The summed E-state index contributed by atoms with van der Waals surface area (Å²) in [5, 5.41) is 3.40. The van der Waals surface area contributed by atoms with Gasteiger partial charge in [0, 0.05) is 25.3 Å². The van der Waals surface area contributed by atoms with E-state index in [0.717, 1.165) is 17.9 Å². The molecule has 1 aromatic heterocycles. The van der Waals surface area contributed by atoms with Crippen molar-refractivity contribution in [1.82, 2.24) is 15.3 Å². The predicted molar refractivity (Wildman–Crippen MR) is 76.4 cm³/mol. The third-order valence-corrected chi connectivity index (χ3v) is 3.38. The molecule has 0 bridgehead atoms. The normalized spacial score (nSPS) is 14.3. The van der Waals surface area contributed by atoms with Crippen molar-refractivity contribution in [2.24, 2.45) is 0 Å². The van der Waals surface area contributed by atoms with Crippen molar-refractivity contribution in [2.45, 2.75) is 25.4 Å². The SMILES string of the molecule is CN(c1cccc(F)c1)c1cnc(CNC2CC2)cn1. The van der Waals surface area contributed by atoms with Gasteiger partial charge in [0.2, 0.25) is 0 Å². The van der Waals surface area contributed by atoms with Crippen molar-refractivity contribution >= 4 is 11.5 Å². The average Bonchev–Trinajstić information content (AvgIpc) is 3.29. The first-order chi connectivity index (χ1) is 9.72. The maximum Gasteiger partial charge on any atom is 0.151 e. The molecule has 1 fully saturated rings. The maximum absolute atomic E-state index is 13.2. The molecule has 3 rings (SSSR count). The molecule has 0 radical (unpaired) electrons. The highest BCUT2D eigenvalue weighted by Crippen LogP contribution is 2.22. The van der Waals surface area contributed by atoms with Gasteiger partial charge >= 0.3 is 0 Å². The van der Waals surface area contributed by atoms with Crippen LogP contribution in [0.2, 0.25) is 0 Å². The molecule has 0 spiro atoms. The first-order valence-electron chi connectivity index (χ1n) is 6.76. The van der Waals surface area contributed by atoms with E-state index in [4.69, 9.17) is 0 Å². The molecule has 5 heteroatoms. The van der Waals surface area contributed by atoms with Crippen molar-refractivity contribution < 1.29 is 4.39 Å². The van der Waals surface area contributed by atoms with Gasteiger partial charge in [0.15, 0.2) is 5.82 Å². The second kappa shape index (κ2) is 5.54. The van der Waals surface area contributed by atoms with Crippen LogP contribution in [0.4, 0.5) is 15.9 Å². The number of hydrogen-bond acceptors (Lipinski definition) is 4. The molecule has 0 aliphatic heterocycles. The van der Waals surface area contributed by atoms with E-state index >= 15 is 0 Å².